The van der Waals surface area contributed by atoms with E-state index < -0.39 is 11.7 Å². The lowest BCUT2D eigenvalue weighted by Crippen LogP contribution is -2.36. The summed E-state index contributed by atoms with van der Waals surface area (Å²) in [5, 5.41) is 3.36. The van der Waals surface area contributed by atoms with Crippen LogP contribution >= 0.6 is 22.9 Å². The average Bonchev–Trinajstić information content (AvgIpc) is 3.39. The number of anilines is 1. The number of carbonyl (C=O) groups excluding carboxylic acids is 2. The van der Waals surface area contributed by atoms with Crippen LogP contribution < -0.4 is 10.1 Å². The van der Waals surface area contributed by atoms with E-state index in [-0.39, 0.29) is 22.5 Å². The van der Waals surface area contributed by atoms with Gasteiger partial charge in [-0.15, -0.1) is 11.3 Å². The molecule has 1 aliphatic heterocycles. The second kappa shape index (κ2) is 9.93. The zero-order valence-electron chi connectivity index (χ0n) is 18.4. The number of likely N-dealkylation sites (tertiary alicyclic amines) is 1. The predicted molar refractivity (Wildman–Crippen MR) is 129 cm³/mol. The van der Waals surface area contributed by atoms with Gasteiger partial charge in [0.05, 0.1) is 27.6 Å². The summed E-state index contributed by atoms with van der Waals surface area (Å²) in [4.78, 5) is 28.5. The Morgan fingerprint density at radius 1 is 1.24 bits per heavy atom. The summed E-state index contributed by atoms with van der Waals surface area (Å²) in [5.74, 6) is -0.176. The van der Waals surface area contributed by atoms with Crippen molar-refractivity contribution in [3.05, 3.63) is 80.9 Å². The molecule has 1 N–H and O–H groups in total. The van der Waals surface area contributed by atoms with E-state index >= 15 is 0 Å². The fourth-order valence-corrected chi connectivity index (χ4v) is 5.40. The van der Waals surface area contributed by atoms with Crippen LogP contribution in [0.5, 0.6) is 5.75 Å². The van der Waals surface area contributed by atoms with Gasteiger partial charge in [-0.05, 0) is 73.7 Å². The fourth-order valence-electron chi connectivity index (χ4n) is 4.13. The molecule has 2 amide bonds. The standard InChI is InChI=1S/C25H24ClFN2O3S/c1-15-11-22(28-24(30)20-9-8-17(27)14-21(20)26)33-23(15)25(31)29-10-4-6-18(29)12-16-5-3-7-19(13-16)32-2/h3,5,7-9,11,13-14,18H,4,6,10,12H2,1-2H3,(H,28,30). The second-order valence-electron chi connectivity index (χ2n) is 8.05. The van der Waals surface area contributed by atoms with Gasteiger partial charge in [0, 0.05) is 12.6 Å². The maximum atomic E-state index is 13.4. The minimum Gasteiger partial charge on any atom is -0.497 e. The highest BCUT2D eigenvalue weighted by Crippen LogP contribution is 2.32. The van der Waals surface area contributed by atoms with Crippen LogP contribution in [-0.4, -0.2) is 36.4 Å². The highest BCUT2D eigenvalue weighted by atomic mass is 35.5. The predicted octanol–water partition coefficient (Wildman–Crippen LogP) is 5.96. The Bertz CT molecular complexity index is 1200. The molecule has 1 saturated heterocycles. The Labute approximate surface area is 201 Å². The molecule has 1 aromatic heterocycles. The molecule has 2 aromatic carbocycles. The number of amides is 2. The summed E-state index contributed by atoms with van der Waals surface area (Å²) in [5.41, 5.74) is 2.11. The molecule has 1 aliphatic rings. The molecule has 3 aromatic rings. The number of methoxy groups -OCH3 is 1. The molecule has 1 atom stereocenters. The third-order valence-corrected chi connectivity index (χ3v) is 7.22. The molecule has 8 heteroatoms. The highest BCUT2D eigenvalue weighted by Gasteiger charge is 2.31. The van der Waals surface area contributed by atoms with Crippen molar-refractivity contribution in [2.45, 2.75) is 32.2 Å². The largest absolute Gasteiger partial charge is 0.497 e. The van der Waals surface area contributed by atoms with Gasteiger partial charge in [0.15, 0.2) is 0 Å². The van der Waals surface area contributed by atoms with Crippen LogP contribution in [0.2, 0.25) is 5.02 Å². The molecule has 1 fully saturated rings. The lowest BCUT2D eigenvalue weighted by Gasteiger charge is -2.25. The molecule has 0 aliphatic carbocycles. The van der Waals surface area contributed by atoms with E-state index in [0.717, 1.165) is 42.2 Å². The van der Waals surface area contributed by atoms with Gasteiger partial charge >= 0.3 is 0 Å². The van der Waals surface area contributed by atoms with Crippen molar-refractivity contribution >= 4 is 39.8 Å². The number of hydrogen-bond acceptors (Lipinski definition) is 4. The van der Waals surface area contributed by atoms with Crippen LogP contribution in [0.3, 0.4) is 0 Å². The second-order valence-corrected chi connectivity index (χ2v) is 9.51. The van der Waals surface area contributed by atoms with Crippen LogP contribution in [0.4, 0.5) is 9.39 Å². The third-order valence-electron chi connectivity index (χ3n) is 5.77. The quantitative estimate of drug-likeness (QED) is 0.468. The summed E-state index contributed by atoms with van der Waals surface area (Å²) < 4.78 is 18.6. The first-order valence-electron chi connectivity index (χ1n) is 10.7. The molecule has 5 nitrogen and oxygen atoms in total. The van der Waals surface area contributed by atoms with Crippen LogP contribution in [0.1, 0.15) is 44.0 Å². The third kappa shape index (κ3) is 5.20. The molecule has 0 bridgehead atoms. The number of aryl methyl sites for hydroxylation is 1. The Morgan fingerprint density at radius 3 is 2.82 bits per heavy atom. The Kier molecular flexibility index (Phi) is 7.00. The van der Waals surface area contributed by atoms with E-state index in [1.165, 1.54) is 23.5 Å². The first-order valence-corrected chi connectivity index (χ1v) is 11.9. The first-order chi connectivity index (χ1) is 15.9. The normalized spacial score (nSPS) is 15.5. The highest BCUT2D eigenvalue weighted by molar-refractivity contribution is 7.18. The number of halogens is 2. The summed E-state index contributed by atoms with van der Waals surface area (Å²) in [6.45, 7) is 2.56. The molecule has 4 rings (SSSR count). The van der Waals surface area contributed by atoms with Gasteiger partial charge < -0.3 is 15.0 Å². The van der Waals surface area contributed by atoms with Gasteiger partial charge in [-0.25, -0.2) is 4.39 Å². The number of hydrogen-bond donors (Lipinski definition) is 1. The topological polar surface area (TPSA) is 58.6 Å². The van der Waals surface area contributed by atoms with Crippen molar-refractivity contribution in [3.63, 3.8) is 0 Å². The van der Waals surface area contributed by atoms with Crippen LogP contribution in [0.15, 0.2) is 48.5 Å². The summed E-state index contributed by atoms with van der Waals surface area (Å²) in [6.07, 6.45) is 2.66. The van der Waals surface area contributed by atoms with Gasteiger partial charge in [0.2, 0.25) is 0 Å². The number of ether oxygens (including phenoxy) is 1. The van der Waals surface area contributed by atoms with E-state index in [1.54, 1.807) is 13.2 Å². The molecular formula is C25H24ClFN2O3S. The lowest BCUT2D eigenvalue weighted by atomic mass is 10.0. The molecule has 172 valence electrons. The number of carbonyl (C=O) groups is 2. The molecule has 0 radical (unpaired) electrons. The number of benzene rings is 2. The van der Waals surface area contributed by atoms with E-state index in [4.69, 9.17) is 16.3 Å². The zero-order chi connectivity index (χ0) is 23.5. The molecule has 1 unspecified atom stereocenters. The molecular weight excluding hydrogens is 463 g/mol. The van der Waals surface area contributed by atoms with Gasteiger partial charge in [-0.1, -0.05) is 23.7 Å². The SMILES string of the molecule is COc1cccc(CC2CCCN2C(=O)c2sc(NC(=O)c3ccc(F)cc3Cl)cc2C)c1. The van der Waals surface area contributed by atoms with Crippen molar-refractivity contribution in [2.24, 2.45) is 0 Å². The van der Waals surface area contributed by atoms with E-state index in [9.17, 15) is 14.0 Å². The molecule has 0 saturated carbocycles. The van der Waals surface area contributed by atoms with Crippen molar-refractivity contribution < 1.29 is 18.7 Å². The fraction of sp³-hybridized carbons (Fsp3) is 0.280. The number of rotatable bonds is 6. The lowest BCUT2D eigenvalue weighted by molar-refractivity contribution is 0.0740. The van der Waals surface area contributed by atoms with E-state index in [2.05, 4.69) is 5.32 Å². The Morgan fingerprint density at radius 2 is 2.06 bits per heavy atom. The minimum atomic E-state index is -0.509. The van der Waals surface area contributed by atoms with Crippen molar-refractivity contribution in [3.8, 4) is 5.75 Å². The number of thiophene rings is 1. The maximum Gasteiger partial charge on any atom is 0.264 e. The minimum absolute atomic E-state index is 0.0248. The Hall–Kier alpha value is -2.90. The Balaban J connectivity index is 1.48. The van der Waals surface area contributed by atoms with Crippen molar-refractivity contribution in [1.82, 2.24) is 4.90 Å². The maximum absolute atomic E-state index is 13.4. The van der Waals surface area contributed by atoms with Crippen LogP contribution in [0.25, 0.3) is 0 Å². The average molecular weight is 487 g/mol. The summed E-state index contributed by atoms with van der Waals surface area (Å²) in [7, 11) is 1.64. The van der Waals surface area contributed by atoms with Gasteiger partial charge in [0.1, 0.15) is 11.6 Å². The first kappa shape index (κ1) is 23.3. The summed E-state index contributed by atoms with van der Waals surface area (Å²) >= 11 is 7.24. The molecule has 33 heavy (non-hydrogen) atoms. The van der Waals surface area contributed by atoms with Gasteiger partial charge in [0.25, 0.3) is 11.8 Å². The van der Waals surface area contributed by atoms with Gasteiger partial charge in [-0.3, -0.25) is 9.59 Å². The summed E-state index contributed by atoms with van der Waals surface area (Å²) in [6, 6.07) is 13.4. The van der Waals surface area contributed by atoms with E-state index in [1.807, 2.05) is 36.1 Å². The molecule has 2 heterocycles. The monoisotopic (exact) mass is 486 g/mol. The molecule has 0 spiro atoms. The van der Waals surface area contributed by atoms with Crippen LogP contribution in [0, 0.1) is 12.7 Å². The van der Waals surface area contributed by atoms with Crippen molar-refractivity contribution in [1.29, 1.82) is 0 Å². The van der Waals surface area contributed by atoms with E-state index in [0.29, 0.717) is 16.4 Å². The smallest absolute Gasteiger partial charge is 0.264 e. The van der Waals surface area contributed by atoms with Crippen molar-refractivity contribution in [2.75, 3.05) is 19.0 Å². The van der Waals surface area contributed by atoms with Crippen LogP contribution in [-0.2, 0) is 6.42 Å². The van der Waals surface area contributed by atoms with Gasteiger partial charge in [-0.2, -0.15) is 0 Å². The number of nitrogens with one attached hydrogen (secondary N) is 1. The number of nitrogens with zero attached hydrogens (tertiary/aromatic N) is 1. The zero-order valence-corrected chi connectivity index (χ0v) is 19.9.